The lowest BCUT2D eigenvalue weighted by atomic mass is 10.0. The number of carbonyl (C=O) groups is 2. The second-order valence-corrected chi connectivity index (χ2v) is 5.17. The van der Waals surface area contributed by atoms with E-state index in [1.54, 1.807) is 14.1 Å². The van der Waals surface area contributed by atoms with E-state index in [4.69, 9.17) is 4.74 Å². The van der Waals surface area contributed by atoms with Crippen molar-refractivity contribution < 1.29 is 14.3 Å². The average molecular weight is 281 g/mol. The normalized spacial score (nSPS) is 11.6. The SMILES string of the molecule is C=C(C(=C)C(=O)N(C)C)C(=O)OCC(CC)CCCC. The smallest absolute Gasteiger partial charge is 0.338 e. The largest absolute Gasteiger partial charge is 0.462 e. The molecule has 0 aromatic rings. The molecule has 0 radical (unpaired) electrons. The fraction of sp³-hybridized carbons (Fsp3) is 0.625. The molecule has 0 saturated carbocycles. The van der Waals surface area contributed by atoms with Gasteiger partial charge in [0.1, 0.15) is 0 Å². The van der Waals surface area contributed by atoms with Crippen LogP contribution >= 0.6 is 0 Å². The maximum atomic E-state index is 11.9. The molecule has 4 nitrogen and oxygen atoms in total. The quantitative estimate of drug-likeness (QED) is 0.371. The molecule has 0 bridgehead atoms. The lowest BCUT2D eigenvalue weighted by molar-refractivity contribution is -0.140. The zero-order valence-corrected chi connectivity index (χ0v) is 13.2. The van der Waals surface area contributed by atoms with Crippen LogP contribution < -0.4 is 0 Å². The van der Waals surface area contributed by atoms with Gasteiger partial charge in [0.05, 0.1) is 12.2 Å². The van der Waals surface area contributed by atoms with E-state index in [9.17, 15) is 9.59 Å². The molecular formula is C16H27NO3. The molecule has 0 N–H and O–H groups in total. The van der Waals surface area contributed by atoms with E-state index in [1.807, 2.05) is 0 Å². The molecule has 0 aromatic heterocycles. The van der Waals surface area contributed by atoms with E-state index < -0.39 is 5.97 Å². The van der Waals surface area contributed by atoms with E-state index in [0.29, 0.717) is 12.5 Å². The summed E-state index contributed by atoms with van der Waals surface area (Å²) < 4.78 is 5.23. The Hall–Kier alpha value is -1.58. The monoisotopic (exact) mass is 281 g/mol. The standard InChI is InChI=1S/C16H27NO3/c1-7-9-10-14(8-2)11-20-16(19)13(4)12(3)15(18)17(5)6/h14H,3-4,7-11H2,1-2,5-6H3. The summed E-state index contributed by atoms with van der Waals surface area (Å²) in [5, 5.41) is 0. The molecule has 0 aliphatic rings. The average Bonchev–Trinajstić information content (AvgIpc) is 2.44. The van der Waals surface area contributed by atoms with Gasteiger partial charge in [-0.05, 0) is 12.3 Å². The summed E-state index contributed by atoms with van der Waals surface area (Å²) in [6.45, 7) is 11.8. The topological polar surface area (TPSA) is 46.6 Å². The number of unbranched alkanes of at least 4 members (excludes halogenated alkanes) is 1. The summed E-state index contributed by atoms with van der Waals surface area (Å²) in [5.41, 5.74) is 0.121. The minimum absolute atomic E-state index is 0.0362. The van der Waals surface area contributed by atoms with Crippen molar-refractivity contribution in [3.8, 4) is 0 Å². The third-order valence-corrected chi connectivity index (χ3v) is 3.27. The molecule has 0 rings (SSSR count). The van der Waals surface area contributed by atoms with Crippen molar-refractivity contribution in [1.29, 1.82) is 0 Å². The zero-order chi connectivity index (χ0) is 15.7. The van der Waals surface area contributed by atoms with Gasteiger partial charge in [-0.3, -0.25) is 4.79 Å². The molecule has 0 aliphatic carbocycles. The van der Waals surface area contributed by atoms with Gasteiger partial charge in [-0.15, -0.1) is 0 Å². The third-order valence-electron chi connectivity index (χ3n) is 3.27. The highest BCUT2D eigenvalue weighted by molar-refractivity contribution is 6.08. The number of amides is 1. The zero-order valence-electron chi connectivity index (χ0n) is 13.2. The summed E-state index contributed by atoms with van der Waals surface area (Å²) in [4.78, 5) is 24.9. The van der Waals surface area contributed by atoms with Crippen LogP contribution in [-0.4, -0.2) is 37.5 Å². The summed E-state index contributed by atoms with van der Waals surface area (Å²) in [6, 6.07) is 0. The molecule has 0 saturated heterocycles. The predicted molar refractivity (Wildman–Crippen MR) is 81.2 cm³/mol. The molecule has 0 spiro atoms. The van der Waals surface area contributed by atoms with Gasteiger partial charge in [0.2, 0.25) is 0 Å². The van der Waals surface area contributed by atoms with Crippen LogP contribution in [0.25, 0.3) is 0 Å². The van der Waals surface area contributed by atoms with Crippen LogP contribution in [0.4, 0.5) is 0 Å². The highest BCUT2D eigenvalue weighted by atomic mass is 16.5. The molecule has 1 amide bonds. The van der Waals surface area contributed by atoms with E-state index in [2.05, 4.69) is 27.0 Å². The van der Waals surface area contributed by atoms with Crippen LogP contribution in [0.2, 0.25) is 0 Å². The maximum Gasteiger partial charge on any atom is 0.338 e. The van der Waals surface area contributed by atoms with Gasteiger partial charge in [-0.25, -0.2) is 4.79 Å². The molecule has 0 heterocycles. The lowest BCUT2D eigenvalue weighted by Crippen LogP contribution is -2.26. The molecule has 0 aliphatic heterocycles. The Labute approximate surface area is 122 Å². The van der Waals surface area contributed by atoms with Gasteiger partial charge in [0.15, 0.2) is 0 Å². The lowest BCUT2D eigenvalue weighted by Gasteiger charge is -2.17. The van der Waals surface area contributed by atoms with Gasteiger partial charge in [-0.2, -0.15) is 0 Å². The summed E-state index contributed by atoms with van der Waals surface area (Å²) >= 11 is 0. The molecule has 20 heavy (non-hydrogen) atoms. The van der Waals surface area contributed by atoms with Crippen molar-refractivity contribution in [3.05, 3.63) is 24.3 Å². The number of likely N-dealkylation sites (N-methyl/N-ethyl adjacent to an activating group) is 1. The van der Waals surface area contributed by atoms with Gasteiger partial charge in [-0.1, -0.05) is 46.3 Å². The molecule has 0 fully saturated rings. The predicted octanol–water partition coefficient (Wildman–Crippen LogP) is 2.95. The molecule has 114 valence electrons. The maximum absolute atomic E-state index is 11.9. The number of esters is 1. The molecule has 1 unspecified atom stereocenters. The Morgan fingerprint density at radius 1 is 1.15 bits per heavy atom. The Morgan fingerprint density at radius 3 is 2.20 bits per heavy atom. The number of ether oxygens (including phenoxy) is 1. The fourth-order valence-electron chi connectivity index (χ4n) is 1.70. The van der Waals surface area contributed by atoms with Crippen molar-refractivity contribution in [2.45, 2.75) is 39.5 Å². The van der Waals surface area contributed by atoms with Crippen molar-refractivity contribution in [3.63, 3.8) is 0 Å². The van der Waals surface area contributed by atoms with Gasteiger partial charge >= 0.3 is 5.97 Å². The highest BCUT2D eigenvalue weighted by Gasteiger charge is 2.20. The van der Waals surface area contributed by atoms with Gasteiger partial charge in [0, 0.05) is 19.7 Å². The molecule has 4 heteroatoms. The molecule has 0 aromatic carbocycles. The van der Waals surface area contributed by atoms with Crippen LogP contribution in [0, 0.1) is 5.92 Å². The minimum atomic E-state index is -0.555. The first-order valence-corrected chi connectivity index (χ1v) is 7.12. The third kappa shape index (κ3) is 6.04. The Morgan fingerprint density at radius 2 is 1.75 bits per heavy atom. The van der Waals surface area contributed by atoms with Crippen molar-refractivity contribution in [1.82, 2.24) is 4.90 Å². The number of hydrogen-bond donors (Lipinski definition) is 0. The van der Waals surface area contributed by atoms with Crippen LogP contribution in [-0.2, 0) is 14.3 Å². The van der Waals surface area contributed by atoms with E-state index in [0.717, 1.165) is 25.7 Å². The summed E-state index contributed by atoms with van der Waals surface area (Å²) in [7, 11) is 3.20. The second kappa shape index (κ2) is 9.34. The first kappa shape index (κ1) is 18.4. The first-order valence-electron chi connectivity index (χ1n) is 7.12. The van der Waals surface area contributed by atoms with Crippen molar-refractivity contribution >= 4 is 11.9 Å². The number of rotatable bonds is 9. The van der Waals surface area contributed by atoms with Crippen molar-refractivity contribution in [2.75, 3.05) is 20.7 Å². The Bertz CT molecular complexity index is 372. The minimum Gasteiger partial charge on any atom is -0.462 e. The first-order chi connectivity index (χ1) is 9.34. The van der Waals surface area contributed by atoms with Crippen molar-refractivity contribution in [2.24, 2.45) is 5.92 Å². The number of carbonyl (C=O) groups excluding carboxylic acids is 2. The second-order valence-electron chi connectivity index (χ2n) is 5.17. The van der Waals surface area contributed by atoms with Crippen LogP contribution in [0.15, 0.2) is 24.3 Å². The van der Waals surface area contributed by atoms with Crippen LogP contribution in [0.3, 0.4) is 0 Å². The molecule has 1 atom stereocenters. The Balaban J connectivity index is 4.36. The van der Waals surface area contributed by atoms with Gasteiger partial charge < -0.3 is 9.64 Å². The fourth-order valence-corrected chi connectivity index (χ4v) is 1.70. The highest BCUT2D eigenvalue weighted by Crippen LogP contribution is 2.15. The van der Waals surface area contributed by atoms with Crippen LogP contribution in [0.5, 0.6) is 0 Å². The van der Waals surface area contributed by atoms with Gasteiger partial charge in [0.25, 0.3) is 5.91 Å². The Kier molecular flexibility index (Phi) is 8.61. The summed E-state index contributed by atoms with van der Waals surface area (Å²) in [6.07, 6.45) is 4.27. The van der Waals surface area contributed by atoms with E-state index in [-0.39, 0.29) is 17.1 Å². The summed E-state index contributed by atoms with van der Waals surface area (Å²) in [5.74, 6) is -0.519. The van der Waals surface area contributed by atoms with Crippen LogP contribution in [0.1, 0.15) is 39.5 Å². The number of hydrogen-bond acceptors (Lipinski definition) is 3. The van der Waals surface area contributed by atoms with E-state index in [1.165, 1.54) is 4.90 Å². The molecular weight excluding hydrogens is 254 g/mol. The number of nitrogens with zero attached hydrogens (tertiary/aromatic N) is 1. The van der Waals surface area contributed by atoms with E-state index >= 15 is 0 Å².